The SMILES string of the molecule is CCCc1n[nH]c(=S)n1/N=C/c1cc(Cl)ccc1[O-].CCCc1n[nH]c(=S)n1/N=C/c1cc(Cl)ccc1[O-].[Pt+2]. The van der Waals surface area contributed by atoms with E-state index < -0.39 is 0 Å². The molecule has 2 aromatic carbocycles. The van der Waals surface area contributed by atoms with Crippen LogP contribution in [0.25, 0.3) is 0 Å². The molecule has 2 N–H and O–H groups in total. The summed E-state index contributed by atoms with van der Waals surface area (Å²) in [6.45, 7) is 4.08. The number of hydrogen-bond acceptors (Lipinski definition) is 8. The van der Waals surface area contributed by atoms with Crippen LogP contribution in [0.1, 0.15) is 49.5 Å². The molecule has 0 fully saturated rings. The van der Waals surface area contributed by atoms with Crippen molar-refractivity contribution < 1.29 is 31.3 Å². The average Bonchev–Trinajstić information content (AvgIpc) is 3.42. The van der Waals surface area contributed by atoms with E-state index in [-0.39, 0.29) is 32.6 Å². The van der Waals surface area contributed by atoms with E-state index >= 15 is 0 Å². The topological polar surface area (TPSA) is 138 Å². The number of aryl methyl sites for hydroxylation is 2. The van der Waals surface area contributed by atoms with Crippen LogP contribution in [0.3, 0.4) is 0 Å². The van der Waals surface area contributed by atoms with Crippen LogP contribution in [0, 0.1) is 9.54 Å². The molecule has 2 aromatic heterocycles. The van der Waals surface area contributed by atoms with Gasteiger partial charge in [-0.1, -0.05) is 60.7 Å². The van der Waals surface area contributed by atoms with Gasteiger partial charge in [0.1, 0.15) is 0 Å². The van der Waals surface area contributed by atoms with Gasteiger partial charge >= 0.3 is 21.1 Å². The first-order valence-corrected chi connectivity index (χ1v) is 13.1. The van der Waals surface area contributed by atoms with Gasteiger partial charge in [-0.3, -0.25) is 10.2 Å². The minimum atomic E-state index is -0.139. The zero-order valence-corrected chi connectivity index (χ0v) is 26.3. The molecule has 0 unspecified atom stereocenters. The number of rotatable bonds is 8. The maximum atomic E-state index is 11.6. The molecule has 39 heavy (non-hydrogen) atoms. The fraction of sp³-hybridized carbons (Fsp3) is 0.250. The quantitative estimate of drug-likeness (QED) is 0.191. The largest absolute Gasteiger partial charge is 2.00 e. The summed E-state index contributed by atoms with van der Waals surface area (Å²) in [7, 11) is 0. The van der Waals surface area contributed by atoms with E-state index in [1.807, 2.05) is 13.8 Å². The molecule has 0 bridgehead atoms. The van der Waals surface area contributed by atoms with Crippen LogP contribution in [0.15, 0.2) is 46.6 Å². The van der Waals surface area contributed by atoms with E-state index in [1.54, 1.807) is 24.3 Å². The summed E-state index contributed by atoms with van der Waals surface area (Å²) in [5.41, 5.74) is 0.830. The Bertz CT molecular complexity index is 1450. The molecule has 0 spiro atoms. The third-order valence-corrected chi connectivity index (χ3v) is 5.95. The summed E-state index contributed by atoms with van der Waals surface area (Å²) < 4.78 is 3.82. The number of benzene rings is 2. The minimum absolute atomic E-state index is 0. The third kappa shape index (κ3) is 9.22. The fourth-order valence-corrected chi connectivity index (χ4v) is 3.90. The third-order valence-electron chi connectivity index (χ3n) is 4.95. The monoisotopic (exact) mass is 785 g/mol. The van der Waals surface area contributed by atoms with Crippen molar-refractivity contribution in [3.8, 4) is 11.5 Å². The summed E-state index contributed by atoms with van der Waals surface area (Å²) in [4.78, 5) is 0. The molecule has 0 amide bonds. The van der Waals surface area contributed by atoms with Crippen LogP contribution >= 0.6 is 47.6 Å². The number of halogens is 2. The summed E-state index contributed by atoms with van der Waals surface area (Å²) in [6.07, 6.45) is 6.25. The van der Waals surface area contributed by atoms with E-state index in [2.05, 4.69) is 30.6 Å². The smallest absolute Gasteiger partial charge is 0.872 e. The van der Waals surface area contributed by atoms with E-state index in [9.17, 15) is 10.2 Å². The van der Waals surface area contributed by atoms with Gasteiger partial charge in [-0.2, -0.15) is 29.8 Å². The zero-order chi connectivity index (χ0) is 27.7. The molecule has 0 aliphatic heterocycles. The first-order chi connectivity index (χ1) is 18.2. The Kier molecular flexibility index (Phi) is 13.2. The summed E-state index contributed by atoms with van der Waals surface area (Å²) >= 11 is 21.9. The van der Waals surface area contributed by atoms with Crippen molar-refractivity contribution in [2.45, 2.75) is 39.5 Å². The van der Waals surface area contributed by atoms with Gasteiger partial charge in [0.2, 0.25) is 9.54 Å². The molecular weight excluding hydrogens is 762 g/mol. The Morgan fingerprint density at radius 3 is 1.54 bits per heavy atom. The number of nitrogens with zero attached hydrogens (tertiary/aromatic N) is 6. The van der Waals surface area contributed by atoms with Gasteiger partial charge in [0.05, 0.1) is 12.4 Å². The van der Waals surface area contributed by atoms with Gasteiger partial charge in [0, 0.05) is 22.9 Å². The van der Waals surface area contributed by atoms with E-state index in [0.29, 0.717) is 30.7 Å². The summed E-state index contributed by atoms with van der Waals surface area (Å²) in [5, 5.41) is 46.1. The maximum Gasteiger partial charge on any atom is 2.00 e. The molecule has 0 saturated carbocycles. The Balaban J connectivity index is 0.000000267. The molecule has 0 radical (unpaired) electrons. The first kappa shape index (κ1) is 32.6. The standard InChI is InChI=1S/2C12H13ClN4OS.Pt/c2*1-2-3-11-15-16-12(19)17(11)14-7-8-6-9(13)4-5-10(8)18;/h2*4-7,18H,2-3H2,1H3,(H,16,19);/q;;+2/p-2/b2*14-7+;. The number of nitrogens with one attached hydrogen (secondary N) is 2. The molecule has 10 nitrogen and oxygen atoms in total. The first-order valence-electron chi connectivity index (χ1n) is 11.6. The van der Waals surface area contributed by atoms with Crippen LogP contribution < -0.4 is 10.2 Å². The van der Waals surface area contributed by atoms with Crippen molar-refractivity contribution in [3.63, 3.8) is 0 Å². The molecule has 0 saturated heterocycles. The predicted octanol–water partition coefficient (Wildman–Crippen LogP) is 5.00. The van der Waals surface area contributed by atoms with Crippen LogP contribution in [-0.2, 0) is 33.9 Å². The van der Waals surface area contributed by atoms with E-state index in [4.69, 9.17) is 47.6 Å². The van der Waals surface area contributed by atoms with Crippen LogP contribution in [0.2, 0.25) is 10.0 Å². The van der Waals surface area contributed by atoms with Crippen LogP contribution in [0.4, 0.5) is 0 Å². The normalized spacial score (nSPS) is 11.0. The Hall–Kier alpha value is -2.63. The fourth-order valence-electron chi connectivity index (χ4n) is 3.14. The predicted molar refractivity (Wildman–Crippen MR) is 151 cm³/mol. The molecule has 0 aliphatic rings. The molecule has 0 aliphatic carbocycles. The molecule has 2 heterocycles. The molecule has 4 aromatic rings. The van der Waals surface area contributed by atoms with Crippen molar-refractivity contribution in [3.05, 3.63) is 78.8 Å². The van der Waals surface area contributed by atoms with Crippen molar-refractivity contribution in [1.82, 2.24) is 29.7 Å². The Labute approximate surface area is 259 Å². The van der Waals surface area contributed by atoms with Gasteiger partial charge in [0.25, 0.3) is 0 Å². The van der Waals surface area contributed by atoms with Crippen molar-refractivity contribution in [2.75, 3.05) is 0 Å². The number of H-pyrrole nitrogens is 2. The van der Waals surface area contributed by atoms with Crippen molar-refractivity contribution >= 4 is 60.1 Å². The second-order valence-corrected chi connectivity index (χ2v) is 9.51. The van der Waals surface area contributed by atoms with Crippen molar-refractivity contribution in [2.24, 2.45) is 10.2 Å². The van der Waals surface area contributed by atoms with E-state index in [1.165, 1.54) is 33.9 Å². The molecular formula is C24H24Cl2N8O2PtS2. The Morgan fingerprint density at radius 2 is 1.18 bits per heavy atom. The number of aromatic amines is 2. The molecule has 208 valence electrons. The number of hydrogen-bond donors (Lipinski definition) is 2. The second-order valence-electron chi connectivity index (χ2n) is 7.87. The molecule has 0 atom stereocenters. The summed E-state index contributed by atoms with van der Waals surface area (Å²) in [5.74, 6) is 1.19. The van der Waals surface area contributed by atoms with Crippen LogP contribution in [-0.4, -0.2) is 42.2 Å². The van der Waals surface area contributed by atoms with Gasteiger partial charge < -0.3 is 10.2 Å². The van der Waals surface area contributed by atoms with Crippen molar-refractivity contribution in [1.29, 1.82) is 0 Å². The van der Waals surface area contributed by atoms with E-state index in [0.717, 1.165) is 37.3 Å². The van der Waals surface area contributed by atoms with Gasteiger partial charge in [-0.15, -0.1) is 0 Å². The van der Waals surface area contributed by atoms with Crippen LogP contribution in [0.5, 0.6) is 11.5 Å². The number of aromatic nitrogens is 6. The van der Waals surface area contributed by atoms with Gasteiger partial charge in [-0.25, -0.2) is 0 Å². The summed E-state index contributed by atoms with van der Waals surface area (Å²) in [6, 6.07) is 9.05. The molecule has 4 rings (SSSR count). The molecule has 15 heteroatoms. The minimum Gasteiger partial charge on any atom is -0.872 e. The average molecular weight is 787 g/mol. The second kappa shape index (κ2) is 15.8. The van der Waals surface area contributed by atoms with Gasteiger partial charge in [0.15, 0.2) is 11.6 Å². The maximum absolute atomic E-state index is 11.6. The Morgan fingerprint density at radius 1 is 0.795 bits per heavy atom. The van der Waals surface area contributed by atoms with Gasteiger partial charge in [-0.05, 0) is 72.7 Å². The zero-order valence-electron chi connectivity index (χ0n) is 20.8.